The number of rotatable bonds is 7. The molecule has 0 bridgehead atoms. The van der Waals surface area contributed by atoms with E-state index in [2.05, 4.69) is 10.3 Å². The molecule has 1 aliphatic rings. The second-order valence-electron chi connectivity index (χ2n) is 8.75. The Bertz CT molecular complexity index is 1140. The molecule has 1 N–H and O–H groups in total. The van der Waals surface area contributed by atoms with Crippen LogP contribution in [-0.2, 0) is 11.3 Å². The number of para-hydroxylation sites is 1. The van der Waals surface area contributed by atoms with Gasteiger partial charge in [-0.2, -0.15) is 0 Å². The van der Waals surface area contributed by atoms with Crippen molar-refractivity contribution in [3.05, 3.63) is 70.7 Å². The third-order valence-corrected chi connectivity index (χ3v) is 7.80. The van der Waals surface area contributed by atoms with E-state index in [-0.39, 0.29) is 23.7 Å². The summed E-state index contributed by atoms with van der Waals surface area (Å²) in [5.74, 6) is 1.01. The lowest BCUT2D eigenvalue weighted by atomic mass is 9.84. The Labute approximate surface area is 205 Å². The van der Waals surface area contributed by atoms with Gasteiger partial charge in [-0.1, -0.05) is 55.5 Å². The molecule has 0 unspecified atom stereocenters. The molecule has 0 radical (unpaired) electrons. The maximum atomic E-state index is 13.2. The lowest BCUT2D eigenvalue weighted by molar-refractivity contribution is -0.126. The summed E-state index contributed by atoms with van der Waals surface area (Å²) in [5.41, 5.74) is 2.77. The molecule has 2 amide bonds. The second-order valence-corrected chi connectivity index (χ2v) is 9.75. The van der Waals surface area contributed by atoms with Crippen molar-refractivity contribution in [2.75, 3.05) is 20.2 Å². The minimum absolute atomic E-state index is 0.0430. The third kappa shape index (κ3) is 5.30. The fourth-order valence-electron chi connectivity index (χ4n) is 4.45. The molecule has 4 rings (SSSR count). The van der Waals surface area contributed by atoms with Crippen molar-refractivity contribution in [1.29, 1.82) is 0 Å². The number of nitrogens with one attached hydrogen (secondary N) is 1. The number of carbonyl (C=O) groups excluding carboxylic acids is 2. The number of aromatic nitrogens is 1. The molecule has 178 valence electrons. The predicted octanol–water partition coefficient (Wildman–Crippen LogP) is 4.93. The highest BCUT2D eigenvalue weighted by atomic mass is 32.1. The Balaban J connectivity index is 1.32. The van der Waals surface area contributed by atoms with E-state index < -0.39 is 0 Å². The Hall–Kier alpha value is -3.19. The monoisotopic (exact) mass is 477 g/mol. The van der Waals surface area contributed by atoms with Crippen molar-refractivity contribution >= 4 is 23.2 Å². The first kappa shape index (κ1) is 24.0. The van der Waals surface area contributed by atoms with Crippen molar-refractivity contribution in [3.63, 3.8) is 0 Å². The number of hydrogen-bond acceptors (Lipinski definition) is 5. The molecule has 1 atom stereocenters. The molecule has 1 aromatic heterocycles. The van der Waals surface area contributed by atoms with Crippen molar-refractivity contribution in [1.82, 2.24) is 15.2 Å². The normalized spacial score (nSPS) is 15.1. The maximum Gasteiger partial charge on any atom is 0.265 e. The Morgan fingerprint density at radius 3 is 2.50 bits per heavy atom. The molecule has 3 aromatic rings. The molecule has 1 fully saturated rings. The summed E-state index contributed by atoms with van der Waals surface area (Å²) in [4.78, 5) is 33.2. The molecule has 0 aliphatic carbocycles. The van der Waals surface area contributed by atoms with Crippen LogP contribution in [0, 0.1) is 18.8 Å². The summed E-state index contributed by atoms with van der Waals surface area (Å²) in [6.07, 6.45) is 1.64. The molecule has 2 aromatic carbocycles. The molecule has 0 spiro atoms. The van der Waals surface area contributed by atoms with Crippen molar-refractivity contribution in [3.8, 4) is 16.3 Å². The van der Waals surface area contributed by atoms with Gasteiger partial charge in [0.1, 0.15) is 15.6 Å². The lowest BCUT2D eigenvalue weighted by Gasteiger charge is -2.34. The Kier molecular flexibility index (Phi) is 7.63. The second kappa shape index (κ2) is 10.8. The fourth-order valence-corrected chi connectivity index (χ4v) is 5.49. The van der Waals surface area contributed by atoms with E-state index in [1.807, 2.05) is 73.3 Å². The van der Waals surface area contributed by atoms with Gasteiger partial charge in [0.25, 0.3) is 5.91 Å². The lowest BCUT2D eigenvalue weighted by Crippen LogP contribution is -2.42. The van der Waals surface area contributed by atoms with Gasteiger partial charge in [0.2, 0.25) is 5.91 Å². The van der Waals surface area contributed by atoms with Gasteiger partial charge in [0, 0.05) is 36.7 Å². The summed E-state index contributed by atoms with van der Waals surface area (Å²) < 4.78 is 5.37. The van der Waals surface area contributed by atoms with Crippen LogP contribution in [0.25, 0.3) is 10.6 Å². The fraction of sp³-hybridized carbons (Fsp3) is 0.370. The first-order chi connectivity index (χ1) is 16.5. The van der Waals surface area contributed by atoms with Gasteiger partial charge in [-0.05, 0) is 31.7 Å². The third-order valence-electron chi connectivity index (χ3n) is 6.60. The van der Waals surface area contributed by atoms with Crippen LogP contribution >= 0.6 is 11.3 Å². The number of methoxy groups -OCH3 is 1. The molecular formula is C27H31N3O3S. The van der Waals surface area contributed by atoms with Crippen molar-refractivity contribution in [2.45, 2.75) is 33.2 Å². The van der Waals surface area contributed by atoms with Crippen LogP contribution in [0.2, 0.25) is 0 Å². The van der Waals surface area contributed by atoms with E-state index in [9.17, 15) is 9.59 Å². The van der Waals surface area contributed by atoms with Crippen LogP contribution in [0.1, 0.15) is 40.7 Å². The molecule has 34 heavy (non-hydrogen) atoms. The van der Waals surface area contributed by atoms with Crippen LogP contribution in [0.15, 0.2) is 54.6 Å². The summed E-state index contributed by atoms with van der Waals surface area (Å²) in [6.45, 7) is 5.65. The highest BCUT2D eigenvalue weighted by Crippen LogP contribution is 2.31. The first-order valence-corrected chi connectivity index (χ1v) is 12.5. The largest absolute Gasteiger partial charge is 0.496 e. The molecule has 0 saturated carbocycles. The quantitative estimate of drug-likeness (QED) is 0.524. The smallest absolute Gasteiger partial charge is 0.265 e. The average Bonchev–Trinajstić information content (AvgIpc) is 3.28. The zero-order valence-corrected chi connectivity index (χ0v) is 20.7. The van der Waals surface area contributed by atoms with E-state index >= 15 is 0 Å². The molecule has 2 heterocycles. The Morgan fingerprint density at radius 2 is 1.79 bits per heavy atom. The number of aryl methyl sites for hydroxylation is 1. The summed E-state index contributed by atoms with van der Waals surface area (Å²) >= 11 is 1.46. The summed E-state index contributed by atoms with van der Waals surface area (Å²) in [7, 11) is 1.63. The molecule has 1 saturated heterocycles. The highest BCUT2D eigenvalue weighted by Gasteiger charge is 2.31. The number of amides is 2. The number of carbonyl (C=O) groups is 2. The van der Waals surface area contributed by atoms with Crippen LogP contribution in [-0.4, -0.2) is 41.9 Å². The molecule has 1 aliphatic heterocycles. The number of nitrogens with zero attached hydrogens (tertiary/aromatic N) is 2. The average molecular weight is 478 g/mol. The highest BCUT2D eigenvalue weighted by molar-refractivity contribution is 7.17. The topological polar surface area (TPSA) is 71.5 Å². The zero-order chi connectivity index (χ0) is 24.1. The van der Waals surface area contributed by atoms with E-state index in [4.69, 9.17) is 4.74 Å². The van der Waals surface area contributed by atoms with Gasteiger partial charge < -0.3 is 15.0 Å². The van der Waals surface area contributed by atoms with Gasteiger partial charge in [-0.25, -0.2) is 4.98 Å². The van der Waals surface area contributed by atoms with Gasteiger partial charge in [0.15, 0.2) is 0 Å². The molecular weight excluding hydrogens is 446 g/mol. The van der Waals surface area contributed by atoms with Crippen LogP contribution in [0.4, 0.5) is 0 Å². The van der Waals surface area contributed by atoms with Crippen LogP contribution in [0.3, 0.4) is 0 Å². The molecule has 7 heteroatoms. The van der Waals surface area contributed by atoms with E-state index in [1.165, 1.54) is 11.3 Å². The summed E-state index contributed by atoms with van der Waals surface area (Å²) in [5, 5.41) is 3.92. The van der Waals surface area contributed by atoms with Crippen LogP contribution in [0.5, 0.6) is 5.75 Å². The minimum atomic E-state index is -0.109. The standard InChI is InChI=1S/C27H31N3O3S/c1-18(25(31)28-17-22-11-7-8-12-23(22)33-3)20-13-15-30(16-14-20)27(32)24-19(2)29-26(34-24)21-9-5-4-6-10-21/h4-12,18,20H,13-17H2,1-3H3,(H,28,31)/t18-/m1/s1. The van der Waals surface area contributed by atoms with Gasteiger partial charge in [0.05, 0.1) is 12.8 Å². The number of ether oxygens (including phenoxy) is 1. The van der Waals surface area contributed by atoms with Gasteiger partial charge in [-0.3, -0.25) is 9.59 Å². The summed E-state index contributed by atoms with van der Waals surface area (Å²) in [6, 6.07) is 17.7. The Morgan fingerprint density at radius 1 is 1.12 bits per heavy atom. The van der Waals surface area contributed by atoms with Gasteiger partial charge >= 0.3 is 0 Å². The van der Waals surface area contributed by atoms with E-state index in [1.54, 1.807) is 7.11 Å². The molecule has 6 nitrogen and oxygen atoms in total. The SMILES string of the molecule is COc1ccccc1CNC(=O)[C@H](C)C1CCN(C(=O)c2sc(-c3ccccc3)nc2C)CC1. The maximum absolute atomic E-state index is 13.2. The zero-order valence-electron chi connectivity index (χ0n) is 19.9. The van der Waals surface area contributed by atoms with Crippen molar-refractivity contribution in [2.24, 2.45) is 11.8 Å². The number of thiazole rings is 1. The minimum Gasteiger partial charge on any atom is -0.496 e. The van der Waals surface area contributed by atoms with Gasteiger partial charge in [-0.15, -0.1) is 11.3 Å². The van der Waals surface area contributed by atoms with Crippen molar-refractivity contribution < 1.29 is 14.3 Å². The van der Waals surface area contributed by atoms with Crippen LogP contribution < -0.4 is 10.1 Å². The predicted molar refractivity (Wildman–Crippen MR) is 135 cm³/mol. The number of hydrogen-bond donors (Lipinski definition) is 1. The van der Waals surface area contributed by atoms with E-state index in [0.717, 1.165) is 40.4 Å². The number of benzene rings is 2. The first-order valence-electron chi connectivity index (χ1n) is 11.7. The number of piperidine rings is 1. The number of likely N-dealkylation sites (tertiary alicyclic amines) is 1. The van der Waals surface area contributed by atoms with E-state index in [0.29, 0.717) is 24.5 Å².